The molecule has 0 aliphatic rings. The van der Waals surface area contributed by atoms with Crippen molar-refractivity contribution < 1.29 is 13.6 Å². The Hall–Kier alpha value is -3.18. The highest BCUT2D eigenvalue weighted by atomic mass is 16.5. The van der Waals surface area contributed by atoms with E-state index in [0.717, 1.165) is 0 Å². The van der Waals surface area contributed by atoms with E-state index in [1.165, 1.54) is 0 Å². The number of rotatable bonds is 1. The summed E-state index contributed by atoms with van der Waals surface area (Å²) in [6.45, 7) is 7.14. The van der Waals surface area contributed by atoms with Gasteiger partial charge in [0.15, 0.2) is 5.82 Å². The van der Waals surface area contributed by atoms with Gasteiger partial charge < -0.3 is 0 Å². The molecule has 3 aromatic rings. The van der Waals surface area contributed by atoms with Crippen molar-refractivity contribution in [3.05, 3.63) is 49.1 Å². The Morgan fingerprint density at radius 2 is 1.13 bits per heavy atom. The van der Waals surface area contributed by atoms with Gasteiger partial charge in [0.1, 0.15) is 11.6 Å². The maximum atomic E-state index is 10.3. The van der Waals surface area contributed by atoms with Crippen LogP contribution in [0, 0.1) is 13.8 Å². The summed E-state index contributed by atoms with van der Waals surface area (Å²) in [6, 6.07) is 0. The van der Waals surface area contributed by atoms with Gasteiger partial charge in [0, 0.05) is 5.92 Å². The van der Waals surface area contributed by atoms with E-state index in [2.05, 4.69) is 44.0 Å². The molecule has 0 fully saturated rings. The molecule has 23 heavy (non-hydrogen) atoms. The van der Waals surface area contributed by atoms with Gasteiger partial charge in [-0.25, -0.2) is 14.4 Å². The fourth-order valence-corrected chi connectivity index (χ4v) is 1.10. The zero-order valence-corrected chi connectivity index (χ0v) is 12.9. The smallest absolute Gasteiger partial charge is 0.296 e. The van der Waals surface area contributed by atoms with Gasteiger partial charge in [0.2, 0.25) is 0 Å². The second kappa shape index (κ2) is 8.31. The molecule has 0 aliphatic heterocycles. The molecule has 3 N–H and O–H groups in total. The van der Waals surface area contributed by atoms with E-state index in [-0.39, 0.29) is 5.92 Å². The number of nitrogens with one attached hydrogen (secondary N) is 3. The van der Waals surface area contributed by atoms with E-state index in [1.54, 1.807) is 13.8 Å². The van der Waals surface area contributed by atoms with Crippen LogP contribution in [0.2, 0.25) is 0 Å². The maximum Gasteiger partial charge on any atom is 0.438 e. The van der Waals surface area contributed by atoms with Crippen molar-refractivity contribution in [1.29, 1.82) is 0 Å². The number of nitrogens with zero attached hydrogens (tertiary/aromatic N) is 3. The fraction of sp³-hybridized carbons (Fsp3) is 0.455. The van der Waals surface area contributed by atoms with E-state index in [0.29, 0.717) is 17.5 Å². The number of hydrogen-bond donors (Lipinski definition) is 3. The molecule has 0 amide bonds. The molecule has 0 aromatic carbocycles. The lowest BCUT2D eigenvalue weighted by molar-refractivity contribution is 0.379. The molecule has 3 heterocycles. The monoisotopic (exact) mass is 328 g/mol. The molecule has 12 heteroatoms. The number of H-pyrrole nitrogens is 3. The van der Waals surface area contributed by atoms with Crippen LogP contribution in [0.1, 0.15) is 37.2 Å². The third-order valence-corrected chi connectivity index (χ3v) is 2.10. The van der Waals surface area contributed by atoms with Crippen LogP contribution < -0.4 is 17.3 Å². The Kier molecular flexibility index (Phi) is 6.46. The first-order valence-corrected chi connectivity index (χ1v) is 6.39. The number of aryl methyl sites for hydroxylation is 2. The summed E-state index contributed by atoms with van der Waals surface area (Å²) in [5.41, 5.74) is 0. The Morgan fingerprint density at radius 1 is 0.739 bits per heavy atom. The van der Waals surface area contributed by atoms with Crippen LogP contribution >= 0.6 is 0 Å². The molecule has 0 bridgehead atoms. The highest BCUT2D eigenvalue weighted by Gasteiger charge is 2.02. The Bertz CT molecular complexity index is 816. The molecular weight excluding hydrogens is 312 g/mol. The van der Waals surface area contributed by atoms with Crippen molar-refractivity contribution in [2.75, 3.05) is 0 Å². The summed E-state index contributed by atoms with van der Waals surface area (Å²) in [7, 11) is 0. The van der Waals surface area contributed by atoms with Crippen molar-refractivity contribution in [2.24, 2.45) is 0 Å². The molecule has 0 atom stereocenters. The standard InChI is InChI=1S/C5H8N2O2.2C3H4N2O2/c1-3(2)4-6-5(8)9-7-4;2*1-2-4-3(6)7-5-2/h3H,1-2H3,(H,6,7,8);2*1H3,(H,4,5,6). The lowest BCUT2D eigenvalue weighted by Crippen LogP contribution is -1.97. The van der Waals surface area contributed by atoms with E-state index >= 15 is 0 Å². The van der Waals surface area contributed by atoms with Crippen molar-refractivity contribution in [3.8, 4) is 0 Å². The molecule has 0 radical (unpaired) electrons. The number of aromatic amines is 3. The third-order valence-electron chi connectivity index (χ3n) is 2.10. The zero-order valence-electron chi connectivity index (χ0n) is 12.9. The highest BCUT2D eigenvalue weighted by Crippen LogP contribution is 2.03. The van der Waals surface area contributed by atoms with Crippen LogP contribution in [0.15, 0.2) is 28.0 Å². The maximum absolute atomic E-state index is 10.3. The first kappa shape index (κ1) is 17.9. The Labute approximate surface area is 127 Å². The Balaban J connectivity index is 0.000000175. The molecule has 0 unspecified atom stereocenters. The van der Waals surface area contributed by atoms with Gasteiger partial charge in [-0.05, 0) is 13.8 Å². The summed E-state index contributed by atoms with van der Waals surface area (Å²) < 4.78 is 12.5. The van der Waals surface area contributed by atoms with Gasteiger partial charge >= 0.3 is 17.3 Å². The first-order valence-electron chi connectivity index (χ1n) is 6.39. The van der Waals surface area contributed by atoms with Crippen molar-refractivity contribution in [2.45, 2.75) is 33.6 Å². The normalized spacial score (nSPS) is 9.78. The number of aromatic nitrogens is 6. The van der Waals surface area contributed by atoms with Crippen molar-refractivity contribution >= 4 is 0 Å². The average molecular weight is 328 g/mol. The summed E-state index contributed by atoms with van der Waals surface area (Å²) >= 11 is 0. The molecule has 3 rings (SSSR count). The lowest BCUT2D eigenvalue weighted by Gasteiger charge is -1.91. The largest absolute Gasteiger partial charge is 0.438 e. The predicted molar refractivity (Wildman–Crippen MR) is 74.9 cm³/mol. The van der Waals surface area contributed by atoms with Crippen LogP contribution in [0.25, 0.3) is 0 Å². The van der Waals surface area contributed by atoms with Crippen LogP contribution in [-0.4, -0.2) is 30.4 Å². The third kappa shape index (κ3) is 6.88. The molecule has 0 saturated heterocycles. The summed E-state index contributed by atoms with van der Waals surface area (Å²) in [6.07, 6.45) is 0. The minimum atomic E-state index is -0.502. The average Bonchev–Trinajstić information content (AvgIpc) is 3.15. The van der Waals surface area contributed by atoms with Crippen molar-refractivity contribution in [3.63, 3.8) is 0 Å². The van der Waals surface area contributed by atoms with E-state index in [1.807, 2.05) is 13.8 Å². The molecule has 12 nitrogen and oxygen atoms in total. The van der Waals surface area contributed by atoms with Gasteiger partial charge in [-0.15, -0.1) is 0 Å². The van der Waals surface area contributed by atoms with Gasteiger partial charge in [0.05, 0.1) is 0 Å². The first-order chi connectivity index (χ1) is 10.8. The topological polar surface area (TPSA) is 177 Å². The molecule has 0 aliphatic carbocycles. The summed E-state index contributed by atoms with van der Waals surface area (Å²) in [4.78, 5) is 37.4. The Morgan fingerprint density at radius 3 is 1.26 bits per heavy atom. The van der Waals surface area contributed by atoms with Crippen LogP contribution in [0.5, 0.6) is 0 Å². The van der Waals surface area contributed by atoms with Crippen LogP contribution in [-0.2, 0) is 0 Å². The SMILES string of the molecule is CC(C)c1noc(=O)[nH]1.Cc1noc(=O)[nH]1.Cc1noc(=O)[nH]1. The van der Waals surface area contributed by atoms with Gasteiger partial charge in [0.25, 0.3) is 0 Å². The highest BCUT2D eigenvalue weighted by molar-refractivity contribution is 4.85. The van der Waals surface area contributed by atoms with E-state index < -0.39 is 17.3 Å². The minimum Gasteiger partial charge on any atom is -0.296 e. The second-order valence-corrected chi connectivity index (χ2v) is 4.50. The molecule has 0 saturated carbocycles. The minimum absolute atomic E-state index is 0.219. The second-order valence-electron chi connectivity index (χ2n) is 4.50. The van der Waals surface area contributed by atoms with Crippen molar-refractivity contribution in [1.82, 2.24) is 30.4 Å². The number of hydrogen-bond acceptors (Lipinski definition) is 9. The summed E-state index contributed by atoms with van der Waals surface area (Å²) in [5.74, 6) is 0.333. The van der Waals surface area contributed by atoms with Gasteiger partial charge in [-0.1, -0.05) is 29.3 Å². The fourth-order valence-electron chi connectivity index (χ4n) is 1.10. The van der Waals surface area contributed by atoms with Gasteiger partial charge in [-0.3, -0.25) is 28.5 Å². The zero-order chi connectivity index (χ0) is 17.4. The van der Waals surface area contributed by atoms with Crippen LogP contribution in [0.3, 0.4) is 0 Å². The summed E-state index contributed by atoms with van der Waals surface area (Å²) in [5, 5.41) is 10.0. The molecule has 3 aromatic heterocycles. The van der Waals surface area contributed by atoms with Crippen LogP contribution in [0.4, 0.5) is 0 Å². The molecule has 0 spiro atoms. The van der Waals surface area contributed by atoms with E-state index in [9.17, 15) is 14.4 Å². The quantitative estimate of drug-likeness (QED) is 0.547. The lowest BCUT2D eigenvalue weighted by atomic mass is 10.2. The van der Waals surface area contributed by atoms with Gasteiger partial charge in [-0.2, -0.15) is 0 Å². The van der Waals surface area contributed by atoms with E-state index in [4.69, 9.17) is 0 Å². The molecule has 126 valence electrons. The molecular formula is C11H16N6O6. The predicted octanol–water partition coefficient (Wildman–Crippen LogP) is -0.171.